The Kier molecular flexibility index (Phi) is 4.28. The molecule has 0 fully saturated rings. The van der Waals surface area contributed by atoms with E-state index in [1.807, 2.05) is 14.0 Å². The van der Waals surface area contributed by atoms with E-state index in [1.165, 1.54) is 6.26 Å². The maximum atomic E-state index is 8.97. The standard InChI is InChI=1S/C6H17NO2S/c1-4-7(2)5-6-10(3,8)9/h8-9H,4-6H2,1-3H3. The van der Waals surface area contributed by atoms with E-state index in [1.54, 1.807) is 0 Å². The number of rotatable bonds is 4. The highest BCUT2D eigenvalue weighted by Gasteiger charge is 2.04. The Hall–Kier alpha value is 0.230. The average molecular weight is 167 g/mol. The summed E-state index contributed by atoms with van der Waals surface area (Å²) < 4.78 is 17.9. The second kappa shape index (κ2) is 4.18. The molecule has 3 nitrogen and oxygen atoms in total. The molecule has 4 heteroatoms. The molecule has 0 saturated heterocycles. The van der Waals surface area contributed by atoms with Gasteiger partial charge in [0.1, 0.15) is 0 Å². The van der Waals surface area contributed by atoms with Crippen LogP contribution in [-0.4, -0.2) is 46.2 Å². The van der Waals surface area contributed by atoms with E-state index in [9.17, 15) is 0 Å². The lowest BCUT2D eigenvalue weighted by Gasteiger charge is -2.28. The second-order valence-electron chi connectivity index (χ2n) is 2.59. The minimum Gasteiger partial charge on any atom is -0.305 e. The van der Waals surface area contributed by atoms with Crippen LogP contribution in [0.2, 0.25) is 0 Å². The molecule has 0 aliphatic heterocycles. The molecule has 0 aromatic rings. The fourth-order valence-electron chi connectivity index (χ4n) is 0.487. The van der Waals surface area contributed by atoms with Gasteiger partial charge in [0.25, 0.3) is 0 Å². The van der Waals surface area contributed by atoms with Gasteiger partial charge in [0.15, 0.2) is 0 Å². The quantitative estimate of drug-likeness (QED) is 0.663. The van der Waals surface area contributed by atoms with E-state index in [2.05, 4.69) is 4.90 Å². The highest BCUT2D eigenvalue weighted by molar-refractivity contribution is 8.23. The number of hydrogen-bond donors (Lipinski definition) is 2. The highest BCUT2D eigenvalue weighted by Crippen LogP contribution is 2.32. The monoisotopic (exact) mass is 167 g/mol. The van der Waals surface area contributed by atoms with Crippen LogP contribution < -0.4 is 0 Å². The van der Waals surface area contributed by atoms with Gasteiger partial charge in [-0.05, 0) is 13.6 Å². The average Bonchev–Trinajstić information content (AvgIpc) is 1.81. The van der Waals surface area contributed by atoms with E-state index in [4.69, 9.17) is 9.11 Å². The first-order valence-electron chi connectivity index (χ1n) is 3.35. The SMILES string of the molecule is CCN(C)CCS(C)(O)O. The van der Waals surface area contributed by atoms with Crippen LogP contribution >= 0.6 is 10.6 Å². The van der Waals surface area contributed by atoms with Gasteiger partial charge in [0.05, 0.1) is 0 Å². The molecule has 0 amide bonds. The summed E-state index contributed by atoms with van der Waals surface area (Å²) in [7, 11) is -0.307. The molecule has 0 aliphatic rings. The van der Waals surface area contributed by atoms with Crippen molar-refractivity contribution in [1.82, 2.24) is 4.90 Å². The molecule has 0 saturated carbocycles. The Morgan fingerprint density at radius 2 is 1.90 bits per heavy atom. The zero-order valence-corrected chi connectivity index (χ0v) is 7.69. The van der Waals surface area contributed by atoms with Gasteiger partial charge in [0.2, 0.25) is 0 Å². The Bertz CT molecular complexity index is 92.2. The minimum absolute atomic E-state index is 0.483. The van der Waals surface area contributed by atoms with Gasteiger partial charge in [-0.2, -0.15) is 10.6 Å². The molecule has 0 radical (unpaired) electrons. The third kappa shape index (κ3) is 6.35. The molecule has 0 aliphatic carbocycles. The van der Waals surface area contributed by atoms with Crippen LogP contribution in [0.3, 0.4) is 0 Å². The van der Waals surface area contributed by atoms with Crippen LogP contribution in [0.5, 0.6) is 0 Å². The zero-order valence-electron chi connectivity index (χ0n) is 6.87. The Morgan fingerprint density at radius 3 is 2.20 bits per heavy atom. The van der Waals surface area contributed by atoms with Crippen molar-refractivity contribution >= 4 is 10.6 Å². The van der Waals surface area contributed by atoms with Gasteiger partial charge in [-0.3, -0.25) is 9.11 Å². The van der Waals surface area contributed by atoms with Crippen molar-refractivity contribution in [3.05, 3.63) is 0 Å². The number of nitrogens with zero attached hydrogens (tertiary/aromatic N) is 1. The fourth-order valence-corrected chi connectivity index (χ4v) is 1.14. The van der Waals surface area contributed by atoms with Crippen LogP contribution in [0.4, 0.5) is 0 Å². The smallest absolute Gasteiger partial charge is 0.0498 e. The molecule has 0 aromatic carbocycles. The summed E-state index contributed by atoms with van der Waals surface area (Å²) >= 11 is 0. The third-order valence-corrected chi connectivity index (χ3v) is 2.36. The normalized spacial score (nSPS) is 14.2. The Morgan fingerprint density at radius 1 is 1.40 bits per heavy atom. The second-order valence-corrected chi connectivity index (χ2v) is 4.99. The van der Waals surface area contributed by atoms with Gasteiger partial charge in [-0.25, -0.2) is 0 Å². The van der Waals surface area contributed by atoms with Crippen molar-refractivity contribution in [1.29, 1.82) is 0 Å². The van der Waals surface area contributed by atoms with Crippen molar-refractivity contribution < 1.29 is 9.11 Å². The molecule has 0 bridgehead atoms. The van der Waals surface area contributed by atoms with E-state index in [0.717, 1.165) is 13.1 Å². The molecule has 0 atom stereocenters. The topological polar surface area (TPSA) is 43.7 Å². The summed E-state index contributed by atoms with van der Waals surface area (Å²) in [6, 6.07) is 0. The summed E-state index contributed by atoms with van der Waals surface area (Å²) in [4.78, 5) is 2.05. The summed E-state index contributed by atoms with van der Waals surface area (Å²) in [5.74, 6) is 0.483. The van der Waals surface area contributed by atoms with E-state index in [-0.39, 0.29) is 0 Å². The molecule has 0 heterocycles. The summed E-state index contributed by atoms with van der Waals surface area (Å²) in [5.41, 5.74) is 0. The first-order chi connectivity index (χ1) is 4.45. The lowest BCUT2D eigenvalue weighted by molar-refractivity contribution is 0.368. The molecule has 0 rings (SSSR count). The molecule has 0 unspecified atom stereocenters. The molecule has 0 aromatic heterocycles. The maximum absolute atomic E-state index is 8.97. The predicted molar refractivity (Wildman–Crippen MR) is 46.8 cm³/mol. The number of hydrogen-bond acceptors (Lipinski definition) is 3. The van der Waals surface area contributed by atoms with Crippen molar-refractivity contribution in [2.45, 2.75) is 6.92 Å². The first kappa shape index (κ1) is 10.2. The van der Waals surface area contributed by atoms with Crippen molar-refractivity contribution in [3.63, 3.8) is 0 Å². The van der Waals surface area contributed by atoms with E-state index < -0.39 is 10.6 Å². The predicted octanol–water partition coefficient (Wildman–Crippen LogP) is 1.32. The highest BCUT2D eigenvalue weighted by atomic mass is 32.3. The molecule has 64 valence electrons. The van der Waals surface area contributed by atoms with Gasteiger partial charge >= 0.3 is 0 Å². The van der Waals surface area contributed by atoms with Crippen molar-refractivity contribution in [3.8, 4) is 0 Å². The molecular weight excluding hydrogens is 150 g/mol. The maximum Gasteiger partial charge on any atom is 0.0498 e. The van der Waals surface area contributed by atoms with Crippen molar-refractivity contribution in [2.75, 3.05) is 32.1 Å². The summed E-state index contributed by atoms with van der Waals surface area (Å²) in [5, 5.41) is 0. The van der Waals surface area contributed by atoms with Gasteiger partial charge in [-0.1, -0.05) is 6.92 Å². The van der Waals surface area contributed by atoms with Crippen LogP contribution in [0.15, 0.2) is 0 Å². The summed E-state index contributed by atoms with van der Waals surface area (Å²) in [6.45, 7) is 3.76. The zero-order chi connectivity index (χ0) is 8.20. The lowest BCUT2D eigenvalue weighted by Crippen LogP contribution is -2.23. The van der Waals surface area contributed by atoms with Gasteiger partial charge in [-0.15, -0.1) is 0 Å². The van der Waals surface area contributed by atoms with Crippen LogP contribution in [0.25, 0.3) is 0 Å². The minimum atomic E-state index is -2.27. The van der Waals surface area contributed by atoms with Crippen molar-refractivity contribution in [2.24, 2.45) is 0 Å². The van der Waals surface area contributed by atoms with Gasteiger partial charge in [0, 0.05) is 18.6 Å². The Balaban J connectivity index is 3.36. The summed E-state index contributed by atoms with van der Waals surface area (Å²) in [6.07, 6.45) is 1.48. The largest absolute Gasteiger partial charge is 0.305 e. The molecule has 2 N–H and O–H groups in total. The molecular formula is C6H17NO2S. The fraction of sp³-hybridized carbons (Fsp3) is 1.00. The van der Waals surface area contributed by atoms with E-state index >= 15 is 0 Å². The molecule has 0 spiro atoms. The van der Waals surface area contributed by atoms with Crippen LogP contribution in [0, 0.1) is 0 Å². The Labute approximate surface area is 64.4 Å². The van der Waals surface area contributed by atoms with Gasteiger partial charge < -0.3 is 4.90 Å². The van der Waals surface area contributed by atoms with E-state index in [0.29, 0.717) is 5.75 Å². The lowest BCUT2D eigenvalue weighted by atomic mass is 10.6. The molecule has 10 heavy (non-hydrogen) atoms. The third-order valence-electron chi connectivity index (χ3n) is 1.40. The first-order valence-corrected chi connectivity index (χ1v) is 5.47. The van der Waals surface area contributed by atoms with Crippen LogP contribution in [0.1, 0.15) is 6.92 Å². The van der Waals surface area contributed by atoms with Crippen LogP contribution in [-0.2, 0) is 0 Å².